The van der Waals surface area contributed by atoms with E-state index in [0.717, 1.165) is 29.1 Å². The Labute approximate surface area is 185 Å². The maximum atomic E-state index is 13.3. The number of carbonyl (C=O) groups excluding carboxylic acids is 3. The van der Waals surface area contributed by atoms with Crippen LogP contribution < -0.4 is 10.1 Å². The first-order valence-corrected chi connectivity index (χ1v) is 10.6. The van der Waals surface area contributed by atoms with Crippen LogP contribution >= 0.6 is 0 Å². The van der Waals surface area contributed by atoms with Crippen molar-refractivity contribution in [3.05, 3.63) is 54.0 Å². The molecule has 166 valence electrons. The van der Waals surface area contributed by atoms with E-state index in [1.165, 1.54) is 5.01 Å². The zero-order valence-electron chi connectivity index (χ0n) is 17.9. The highest BCUT2D eigenvalue weighted by molar-refractivity contribution is 6.09. The second-order valence-corrected chi connectivity index (χ2v) is 8.55. The molecule has 2 aromatic rings. The van der Waals surface area contributed by atoms with Crippen molar-refractivity contribution in [3.8, 4) is 5.75 Å². The predicted octanol–water partition coefficient (Wildman–Crippen LogP) is 2.69. The van der Waals surface area contributed by atoms with Gasteiger partial charge in [0, 0.05) is 6.42 Å². The molecular formula is C23H24N4O5. The van der Waals surface area contributed by atoms with E-state index in [2.05, 4.69) is 10.4 Å². The van der Waals surface area contributed by atoms with Crippen LogP contribution in [0.15, 0.2) is 52.2 Å². The molecule has 1 saturated heterocycles. The molecule has 1 N–H and O–H groups in total. The highest BCUT2D eigenvalue weighted by Crippen LogP contribution is 2.42. The van der Waals surface area contributed by atoms with E-state index >= 15 is 0 Å². The Morgan fingerprint density at radius 2 is 2.00 bits per heavy atom. The van der Waals surface area contributed by atoms with Crippen molar-refractivity contribution in [2.24, 2.45) is 11.0 Å². The van der Waals surface area contributed by atoms with Crippen molar-refractivity contribution >= 4 is 23.6 Å². The molecule has 0 radical (unpaired) electrons. The van der Waals surface area contributed by atoms with Crippen LogP contribution in [0.5, 0.6) is 5.75 Å². The molecule has 2 atom stereocenters. The van der Waals surface area contributed by atoms with Crippen molar-refractivity contribution in [2.45, 2.75) is 37.8 Å². The summed E-state index contributed by atoms with van der Waals surface area (Å²) in [6, 6.07) is 9.96. The number of ether oxygens (including phenoxy) is 1. The van der Waals surface area contributed by atoms with E-state index < -0.39 is 23.5 Å². The zero-order valence-corrected chi connectivity index (χ0v) is 17.9. The summed E-state index contributed by atoms with van der Waals surface area (Å²) in [6.45, 7) is 1.36. The predicted molar refractivity (Wildman–Crippen MR) is 114 cm³/mol. The van der Waals surface area contributed by atoms with Crippen molar-refractivity contribution in [1.29, 1.82) is 0 Å². The molecule has 0 bridgehead atoms. The van der Waals surface area contributed by atoms with E-state index in [1.807, 2.05) is 24.3 Å². The number of imide groups is 1. The number of methoxy groups -OCH3 is 1. The van der Waals surface area contributed by atoms with Crippen LogP contribution in [0.1, 0.15) is 43.6 Å². The van der Waals surface area contributed by atoms with Gasteiger partial charge in [-0.05, 0) is 67.6 Å². The third-order valence-electron chi connectivity index (χ3n) is 6.45. The number of nitrogens with one attached hydrogen (secondary N) is 1. The number of urea groups is 1. The van der Waals surface area contributed by atoms with Crippen molar-refractivity contribution in [1.82, 2.24) is 15.2 Å². The van der Waals surface area contributed by atoms with Crippen LogP contribution in [0.3, 0.4) is 0 Å². The van der Waals surface area contributed by atoms with Gasteiger partial charge >= 0.3 is 6.03 Å². The highest BCUT2D eigenvalue weighted by atomic mass is 16.5. The van der Waals surface area contributed by atoms with Gasteiger partial charge in [-0.1, -0.05) is 0 Å². The summed E-state index contributed by atoms with van der Waals surface area (Å²) in [4.78, 5) is 39.7. The monoisotopic (exact) mass is 436 g/mol. The van der Waals surface area contributed by atoms with Crippen LogP contribution in [0.2, 0.25) is 0 Å². The summed E-state index contributed by atoms with van der Waals surface area (Å²) < 4.78 is 10.8. The molecule has 0 unspecified atom stereocenters. The van der Waals surface area contributed by atoms with Crippen LogP contribution in [0.4, 0.5) is 4.79 Å². The topological polar surface area (TPSA) is 104 Å². The minimum absolute atomic E-state index is 0.126. The Balaban J connectivity index is 1.39. The average molecular weight is 436 g/mol. The van der Waals surface area contributed by atoms with Gasteiger partial charge in [-0.3, -0.25) is 14.5 Å². The number of amides is 4. The Kier molecular flexibility index (Phi) is 4.76. The molecule has 1 aromatic heterocycles. The molecule has 0 spiro atoms. The summed E-state index contributed by atoms with van der Waals surface area (Å²) in [7, 11) is 1.60. The smallest absolute Gasteiger partial charge is 0.325 e. The van der Waals surface area contributed by atoms with E-state index in [-0.39, 0.29) is 18.4 Å². The van der Waals surface area contributed by atoms with E-state index in [9.17, 15) is 14.4 Å². The molecule has 4 amide bonds. The quantitative estimate of drug-likeness (QED) is 0.701. The van der Waals surface area contributed by atoms with Gasteiger partial charge < -0.3 is 14.5 Å². The van der Waals surface area contributed by atoms with Gasteiger partial charge in [0.1, 0.15) is 29.6 Å². The number of rotatable bonds is 6. The fraction of sp³-hybridized carbons (Fsp3) is 0.391. The number of carbonyl (C=O) groups is 3. The third-order valence-corrected chi connectivity index (χ3v) is 6.45. The molecule has 3 heterocycles. The average Bonchev–Trinajstić information content (AvgIpc) is 3.26. The molecule has 1 aromatic carbocycles. The fourth-order valence-corrected chi connectivity index (χ4v) is 4.41. The lowest BCUT2D eigenvalue weighted by Crippen LogP contribution is -2.47. The Morgan fingerprint density at radius 3 is 2.62 bits per heavy atom. The van der Waals surface area contributed by atoms with Gasteiger partial charge in [0.25, 0.3) is 11.8 Å². The first-order chi connectivity index (χ1) is 15.4. The van der Waals surface area contributed by atoms with Crippen molar-refractivity contribution < 1.29 is 23.5 Å². The second-order valence-electron chi connectivity index (χ2n) is 8.55. The minimum atomic E-state index is -0.930. The maximum Gasteiger partial charge on any atom is 0.325 e. The van der Waals surface area contributed by atoms with E-state index in [0.29, 0.717) is 17.9 Å². The van der Waals surface area contributed by atoms with Crippen LogP contribution in [0, 0.1) is 5.92 Å². The first-order valence-electron chi connectivity index (χ1n) is 10.6. The summed E-state index contributed by atoms with van der Waals surface area (Å²) in [5.41, 5.74) is 0.636. The SMILES string of the molecule is COc1ccc(C2=NN(C(=O)CN3C(=O)N[C@](C)(C4CC4)C3=O)[C@H](c3ccco3)C2)cc1. The molecule has 5 rings (SSSR count). The standard InChI is InChI=1S/C23H24N4O5/c1-23(15-7-8-15)21(29)26(22(30)24-23)13-20(28)27-18(19-4-3-11-32-19)12-17(25-27)14-5-9-16(31-2)10-6-14/h3-6,9-11,15,18H,7-8,12-13H2,1-2H3,(H,24,30)/t18-,23+/m0/s1. The summed E-state index contributed by atoms with van der Waals surface area (Å²) in [6.07, 6.45) is 3.78. The summed E-state index contributed by atoms with van der Waals surface area (Å²) in [5, 5.41) is 8.65. The fourth-order valence-electron chi connectivity index (χ4n) is 4.41. The molecule has 32 heavy (non-hydrogen) atoms. The molecule has 1 saturated carbocycles. The minimum Gasteiger partial charge on any atom is -0.497 e. The van der Waals surface area contributed by atoms with Gasteiger partial charge in [-0.2, -0.15) is 5.10 Å². The van der Waals surface area contributed by atoms with E-state index in [1.54, 1.807) is 32.4 Å². The number of benzene rings is 1. The summed E-state index contributed by atoms with van der Waals surface area (Å²) in [5.74, 6) is 0.636. The highest BCUT2D eigenvalue weighted by Gasteiger charge is 2.56. The molecule has 3 aliphatic rings. The Bertz CT molecular complexity index is 1090. The lowest BCUT2D eigenvalue weighted by molar-refractivity contribution is -0.140. The van der Waals surface area contributed by atoms with Crippen molar-refractivity contribution in [2.75, 3.05) is 13.7 Å². The Morgan fingerprint density at radius 1 is 1.25 bits per heavy atom. The number of hydrogen-bond donors (Lipinski definition) is 1. The number of hydrogen-bond acceptors (Lipinski definition) is 6. The first kappa shape index (κ1) is 20.3. The second kappa shape index (κ2) is 7.51. The van der Waals surface area contributed by atoms with E-state index in [4.69, 9.17) is 9.15 Å². The van der Waals surface area contributed by atoms with Gasteiger partial charge in [-0.25, -0.2) is 9.80 Å². The van der Waals surface area contributed by atoms with Gasteiger partial charge in [0.2, 0.25) is 0 Å². The summed E-state index contributed by atoms with van der Waals surface area (Å²) >= 11 is 0. The number of hydrazone groups is 1. The molecule has 9 heteroatoms. The van der Waals surface area contributed by atoms with Gasteiger partial charge in [0.05, 0.1) is 19.1 Å². The number of furan rings is 1. The lowest BCUT2D eigenvalue weighted by Gasteiger charge is -2.23. The molecule has 1 aliphatic carbocycles. The van der Waals surface area contributed by atoms with Crippen molar-refractivity contribution in [3.63, 3.8) is 0 Å². The maximum absolute atomic E-state index is 13.3. The molecule has 2 fully saturated rings. The molecular weight excluding hydrogens is 412 g/mol. The normalized spacial score (nSPS) is 25.2. The van der Waals surface area contributed by atoms with Crippen LogP contribution in [-0.4, -0.2) is 52.7 Å². The largest absolute Gasteiger partial charge is 0.497 e. The molecule has 2 aliphatic heterocycles. The van der Waals surface area contributed by atoms with Gasteiger partial charge in [0.15, 0.2) is 0 Å². The third kappa shape index (κ3) is 3.34. The number of nitrogens with zero attached hydrogens (tertiary/aromatic N) is 3. The Hall–Kier alpha value is -3.62. The molecule has 9 nitrogen and oxygen atoms in total. The van der Waals surface area contributed by atoms with Crippen LogP contribution in [-0.2, 0) is 9.59 Å². The van der Waals surface area contributed by atoms with Crippen LogP contribution in [0.25, 0.3) is 0 Å². The lowest BCUT2D eigenvalue weighted by atomic mass is 9.96. The van der Waals surface area contributed by atoms with Gasteiger partial charge in [-0.15, -0.1) is 0 Å². The zero-order chi connectivity index (χ0) is 22.5.